The van der Waals surface area contributed by atoms with Crippen molar-refractivity contribution in [1.82, 2.24) is 9.55 Å². The number of benzene rings is 6. The Morgan fingerprint density at radius 2 is 1.46 bits per heavy atom. The number of ether oxygens (including phenoxy) is 1. The number of aryl methyl sites for hydroxylation is 1. The first kappa shape index (κ1) is 39.7. The van der Waals surface area contributed by atoms with Gasteiger partial charge in [0.1, 0.15) is 32.1 Å². The lowest BCUT2D eigenvalue weighted by Crippen LogP contribution is -2.58. The van der Waals surface area contributed by atoms with Gasteiger partial charge in [0.15, 0.2) is 0 Å². The monoisotopic (exact) mass is 842 g/mol. The third-order valence-corrected chi connectivity index (χ3v) is 18.2. The van der Waals surface area contributed by atoms with Gasteiger partial charge in [-0.3, -0.25) is 4.57 Å². The minimum atomic E-state index is -2.05. The predicted octanol–water partition coefficient (Wildman–Crippen LogP) is 14.3. The maximum absolute atomic E-state index is 7.18. The lowest BCUT2D eigenvalue weighted by atomic mass is 9.71. The predicted molar refractivity (Wildman–Crippen MR) is 268 cm³/mol. The summed E-state index contributed by atoms with van der Waals surface area (Å²) >= 11 is 0. The number of nitrogens with zero attached hydrogens (tertiary/aromatic N) is 4. The summed E-state index contributed by atoms with van der Waals surface area (Å²) in [5.41, 5.74) is 14.2. The van der Waals surface area contributed by atoms with Crippen LogP contribution in [0.15, 0.2) is 140 Å². The Kier molecular flexibility index (Phi) is 9.12. The number of hydrogen-bond donors (Lipinski definition) is 0. The van der Waals surface area contributed by atoms with Crippen LogP contribution in [0.3, 0.4) is 0 Å². The van der Waals surface area contributed by atoms with Crippen molar-refractivity contribution < 1.29 is 4.74 Å². The summed E-state index contributed by atoms with van der Waals surface area (Å²) in [5, 5.41) is 5.35. The summed E-state index contributed by atoms with van der Waals surface area (Å²) in [6.07, 6.45) is 7.03. The molecule has 0 radical (unpaired) electrons. The topological polar surface area (TPSA) is 33.5 Å². The third kappa shape index (κ3) is 6.59. The third-order valence-electron chi connectivity index (χ3n) is 14.7. The number of hydrogen-bond acceptors (Lipinski definition) is 4. The molecule has 2 aromatic heterocycles. The van der Waals surface area contributed by atoms with Gasteiger partial charge in [-0.2, -0.15) is 0 Å². The first-order valence-electron chi connectivity index (χ1n) is 23.0. The highest BCUT2D eigenvalue weighted by Gasteiger charge is 2.43. The van der Waals surface area contributed by atoms with Crippen LogP contribution in [0, 0.1) is 12.3 Å². The van der Waals surface area contributed by atoms with Crippen LogP contribution >= 0.6 is 0 Å². The van der Waals surface area contributed by atoms with Crippen molar-refractivity contribution in [2.75, 3.05) is 16.5 Å². The first-order chi connectivity index (χ1) is 30.2. The molecule has 0 bridgehead atoms. The number of anilines is 4. The first-order valence-corrected chi connectivity index (χ1v) is 26.0. The van der Waals surface area contributed by atoms with E-state index in [4.69, 9.17) is 9.72 Å². The fourth-order valence-corrected chi connectivity index (χ4v) is 14.0. The van der Waals surface area contributed by atoms with E-state index in [2.05, 4.69) is 202 Å². The van der Waals surface area contributed by atoms with Crippen LogP contribution in [0.5, 0.6) is 11.5 Å². The fraction of sp³-hybridized carbons (Fsp3) is 0.281. The summed E-state index contributed by atoms with van der Waals surface area (Å²) < 4.78 is 9.53. The molecule has 8 aromatic rings. The van der Waals surface area contributed by atoms with Crippen LogP contribution < -0.4 is 24.9 Å². The standard InChI is InChI=1S/C57H58N4OSi/c1-37-31-39(38-25-28-57(5,6)29-26-38)21-23-44(37)46-33-43(35-50-54(46)45-17-12-13-18-47(45)61(50)53-32-40(27-30-58-53)56(2,3)4)62-42-22-24-51-49(34-42)60-36-59(41-15-10-9-11-16-41)48-19-14-20-52(55(48)60)63(51,7)8/h9-24,27,30-35,38H,25-26,28-29,36H2,1-8H3. The van der Waals surface area contributed by atoms with E-state index < -0.39 is 8.07 Å². The molecule has 6 aromatic carbocycles. The number of para-hydroxylation sites is 3. The quantitative estimate of drug-likeness (QED) is 0.156. The van der Waals surface area contributed by atoms with Crippen molar-refractivity contribution in [3.63, 3.8) is 0 Å². The second-order valence-corrected chi connectivity index (χ2v) is 25.1. The van der Waals surface area contributed by atoms with Crippen LogP contribution in [-0.4, -0.2) is 24.3 Å². The number of aromatic nitrogens is 2. The van der Waals surface area contributed by atoms with Crippen molar-refractivity contribution >= 4 is 63.0 Å². The summed E-state index contributed by atoms with van der Waals surface area (Å²) in [7, 11) is -2.05. The van der Waals surface area contributed by atoms with E-state index in [9.17, 15) is 0 Å². The smallest absolute Gasteiger partial charge is 0.137 e. The molecule has 1 fully saturated rings. The Balaban J connectivity index is 1.07. The molecule has 0 unspecified atom stereocenters. The molecule has 4 heterocycles. The average molecular weight is 843 g/mol. The maximum Gasteiger partial charge on any atom is 0.137 e. The zero-order valence-corrected chi connectivity index (χ0v) is 39.1. The molecule has 0 atom stereocenters. The highest BCUT2D eigenvalue weighted by Crippen LogP contribution is 2.49. The molecule has 0 amide bonds. The van der Waals surface area contributed by atoms with Crippen molar-refractivity contribution in [3.8, 4) is 28.4 Å². The normalized spacial score (nSPS) is 16.7. The van der Waals surface area contributed by atoms with Crippen molar-refractivity contribution in [3.05, 3.63) is 156 Å². The largest absolute Gasteiger partial charge is 0.457 e. The molecule has 1 saturated carbocycles. The van der Waals surface area contributed by atoms with Crippen molar-refractivity contribution in [2.24, 2.45) is 5.41 Å². The van der Waals surface area contributed by atoms with Gasteiger partial charge in [-0.1, -0.05) is 121 Å². The van der Waals surface area contributed by atoms with Gasteiger partial charge in [-0.05, 0) is 136 Å². The van der Waals surface area contributed by atoms with E-state index in [1.54, 1.807) is 0 Å². The Bertz CT molecular complexity index is 3090. The molecular formula is C57H58N4OSi. The SMILES string of the molecule is Cc1cc(C2CCC(C)(C)CC2)ccc1-c1cc(Oc2ccc3c(c2)N2CN(c4ccccc4)c4cccc(c42)[Si]3(C)C)cc2c1c1ccccc1n2-c1cc(C(C)(C)C)ccn1. The lowest BCUT2D eigenvalue weighted by Gasteiger charge is -2.38. The molecular weight excluding hydrogens is 785 g/mol. The molecule has 5 nitrogen and oxygen atoms in total. The molecule has 316 valence electrons. The molecule has 1 aliphatic carbocycles. The van der Waals surface area contributed by atoms with Crippen LogP contribution in [-0.2, 0) is 5.41 Å². The lowest BCUT2D eigenvalue weighted by molar-refractivity contribution is 0.224. The van der Waals surface area contributed by atoms with Gasteiger partial charge < -0.3 is 14.5 Å². The van der Waals surface area contributed by atoms with Gasteiger partial charge in [-0.25, -0.2) is 4.98 Å². The molecule has 2 aliphatic heterocycles. The number of fused-ring (bicyclic) bond motifs is 5. The molecule has 3 aliphatic rings. The van der Waals surface area contributed by atoms with Gasteiger partial charge in [0, 0.05) is 40.5 Å². The van der Waals surface area contributed by atoms with Gasteiger partial charge >= 0.3 is 0 Å². The summed E-state index contributed by atoms with van der Waals surface area (Å²) in [5.74, 6) is 3.17. The molecule has 0 saturated heterocycles. The number of rotatable bonds is 6. The number of pyridine rings is 1. The Hall–Kier alpha value is -6.11. The minimum absolute atomic E-state index is 0.0263. The van der Waals surface area contributed by atoms with E-state index in [0.29, 0.717) is 11.3 Å². The Morgan fingerprint density at radius 1 is 0.683 bits per heavy atom. The van der Waals surface area contributed by atoms with Crippen LogP contribution in [0.2, 0.25) is 13.1 Å². The van der Waals surface area contributed by atoms with Crippen molar-refractivity contribution in [2.45, 2.75) is 91.7 Å². The van der Waals surface area contributed by atoms with Crippen LogP contribution in [0.1, 0.15) is 82.9 Å². The van der Waals surface area contributed by atoms with Gasteiger partial charge in [0.05, 0.1) is 22.4 Å². The Labute approximate surface area is 374 Å². The molecule has 0 spiro atoms. The van der Waals surface area contributed by atoms with E-state index in [1.165, 1.54) is 97.4 Å². The van der Waals surface area contributed by atoms with Gasteiger partial charge in [0.2, 0.25) is 0 Å². The zero-order valence-electron chi connectivity index (χ0n) is 38.1. The van der Waals surface area contributed by atoms with E-state index in [-0.39, 0.29) is 5.41 Å². The summed E-state index contributed by atoms with van der Waals surface area (Å²) in [4.78, 5) is 10.0. The molecule has 6 heteroatoms. The maximum atomic E-state index is 7.18. The van der Waals surface area contributed by atoms with E-state index in [1.807, 2.05) is 6.20 Å². The van der Waals surface area contributed by atoms with E-state index in [0.717, 1.165) is 35.0 Å². The van der Waals surface area contributed by atoms with Crippen LogP contribution in [0.25, 0.3) is 38.8 Å². The Morgan fingerprint density at radius 3 is 2.24 bits per heavy atom. The van der Waals surface area contributed by atoms with Crippen molar-refractivity contribution in [1.29, 1.82) is 0 Å². The highest BCUT2D eigenvalue weighted by molar-refractivity contribution is 7.02. The molecule has 63 heavy (non-hydrogen) atoms. The van der Waals surface area contributed by atoms with E-state index >= 15 is 0 Å². The zero-order chi connectivity index (χ0) is 43.4. The van der Waals surface area contributed by atoms with Crippen LogP contribution in [0.4, 0.5) is 22.7 Å². The molecule has 11 rings (SSSR count). The molecule has 0 N–H and O–H groups in total. The van der Waals surface area contributed by atoms with Gasteiger partial charge in [0.25, 0.3) is 0 Å². The fourth-order valence-electron chi connectivity index (χ4n) is 11.0. The minimum Gasteiger partial charge on any atom is -0.457 e. The second kappa shape index (κ2) is 14.5. The average Bonchev–Trinajstić information content (AvgIpc) is 3.82. The highest BCUT2D eigenvalue weighted by atomic mass is 28.3. The summed E-state index contributed by atoms with van der Waals surface area (Å²) in [6.45, 7) is 19.7. The van der Waals surface area contributed by atoms with Gasteiger partial charge in [-0.15, -0.1) is 0 Å². The second-order valence-electron chi connectivity index (χ2n) is 20.8. The summed E-state index contributed by atoms with van der Waals surface area (Å²) in [6, 6.07) is 49.6.